The SMILES string of the molecule is Cn1cnnc1-c1ccc(C#N)cc1-c1cc(NCCC#N)nc(N2Cc3c(cc(CN4CCC[C@@H](C#N)C4)cc3C(F)(F)F)C2=O)c1. The van der Waals surface area contributed by atoms with Crippen LogP contribution in [0.3, 0.4) is 0 Å². The van der Waals surface area contributed by atoms with E-state index in [1.165, 1.54) is 17.3 Å². The van der Waals surface area contributed by atoms with Crippen molar-refractivity contribution in [2.45, 2.75) is 38.5 Å². The molecule has 0 radical (unpaired) electrons. The molecule has 0 spiro atoms. The van der Waals surface area contributed by atoms with Gasteiger partial charge in [0.25, 0.3) is 5.91 Å². The fourth-order valence-electron chi connectivity index (χ4n) is 6.28. The van der Waals surface area contributed by atoms with Crippen LogP contribution < -0.4 is 10.2 Å². The molecule has 0 saturated carbocycles. The van der Waals surface area contributed by atoms with Crippen molar-refractivity contribution in [3.8, 4) is 40.7 Å². The van der Waals surface area contributed by atoms with Crippen molar-refractivity contribution in [2.75, 3.05) is 29.9 Å². The zero-order valence-electron chi connectivity index (χ0n) is 25.9. The molecule has 1 atom stereocenters. The van der Waals surface area contributed by atoms with Gasteiger partial charge in [-0.2, -0.15) is 29.0 Å². The van der Waals surface area contributed by atoms with E-state index in [0.29, 0.717) is 52.5 Å². The molecule has 48 heavy (non-hydrogen) atoms. The third-order valence-electron chi connectivity index (χ3n) is 8.54. The average molecular weight is 651 g/mol. The number of hydrogen-bond donors (Lipinski definition) is 1. The van der Waals surface area contributed by atoms with Crippen LogP contribution in [0.2, 0.25) is 0 Å². The molecule has 1 fully saturated rings. The zero-order chi connectivity index (χ0) is 34.0. The number of aromatic nitrogens is 4. The van der Waals surface area contributed by atoms with Crippen molar-refractivity contribution in [3.63, 3.8) is 0 Å². The number of nitrogens with one attached hydrogen (secondary N) is 1. The summed E-state index contributed by atoms with van der Waals surface area (Å²) in [4.78, 5) is 21.7. The fraction of sp³-hybridized carbons (Fsp3) is 0.324. The maximum atomic E-state index is 14.5. The number of piperidine rings is 1. The third kappa shape index (κ3) is 6.41. The number of fused-ring (bicyclic) bond motifs is 1. The Morgan fingerprint density at radius 3 is 2.60 bits per heavy atom. The molecule has 242 valence electrons. The molecule has 2 aromatic heterocycles. The molecule has 1 saturated heterocycles. The summed E-state index contributed by atoms with van der Waals surface area (Å²) in [6.07, 6.45) is -1.50. The van der Waals surface area contributed by atoms with Gasteiger partial charge in [-0.3, -0.25) is 14.6 Å². The Morgan fingerprint density at radius 2 is 1.90 bits per heavy atom. The Kier molecular flexibility index (Phi) is 8.81. The van der Waals surface area contributed by atoms with Crippen molar-refractivity contribution in [3.05, 3.63) is 76.6 Å². The van der Waals surface area contributed by atoms with E-state index < -0.39 is 17.6 Å². The number of anilines is 2. The predicted octanol–water partition coefficient (Wildman–Crippen LogP) is 5.66. The number of likely N-dealkylation sites (tertiary alicyclic amines) is 1. The van der Waals surface area contributed by atoms with E-state index in [2.05, 4.69) is 32.6 Å². The molecule has 1 amide bonds. The number of carbonyl (C=O) groups excluding carboxylic acids is 1. The van der Waals surface area contributed by atoms with Crippen molar-refractivity contribution in [1.29, 1.82) is 15.8 Å². The molecule has 4 aromatic rings. The Hall–Kier alpha value is -5.78. The summed E-state index contributed by atoms with van der Waals surface area (Å²) >= 11 is 0. The Bertz CT molecular complexity index is 2020. The van der Waals surface area contributed by atoms with Gasteiger partial charge in [0.05, 0.1) is 48.2 Å². The predicted molar refractivity (Wildman–Crippen MR) is 169 cm³/mol. The summed E-state index contributed by atoms with van der Waals surface area (Å²) < 4.78 is 45.2. The van der Waals surface area contributed by atoms with Crippen LogP contribution in [0.25, 0.3) is 22.5 Å². The Labute approximate surface area is 274 Å². The molecule has 0 bridgehead atoms. The summed E-state index contributed by atoms with van der Waals surface area (Å²) in [5, 5.41) is 39.4. The maximum Gasteiger partial charge on any atom is 0.416 e. The van der Waals surface area contributed by atoms with Gasteiger partial charge in [-0.25, -0.2) is 4.98 Å². The summed E-state index contributed by atoms with van der Waals surface area (Å²) in [6.45, 7) is 1.17. The summed E-state index contributed by atoms with van der Waals surface area (Å²) in [7, 11) is 1.77. The van der Waals surface area contributed by atoms with Gasteiger partial charge in [0.15, 0.2) is 5.82 Å². The topological polar surface area (TPSA) is 151 Å². The highest BCUT2D eigenvalue weighted by Gasteiger charge is 2.41. The zero-order valence-corrected chi connectivity index (χ0v) is 25.9. The van der Waals surface area contributed by atoms with E-state index in [1.54, 1.807) is 41.9 Å². The van der Waals surface area contributed by atoms with Gasteiger partial charge < -0.3 is 9.88 Å². The minimum atomic E-state index is -4.71. The number of carbonyl (C=O) groups is 1. The highest BCUT2D eigenvalue weighted by molar-refractivity contribution is 6.10. The Morgan fingerprint density at radius 1 is 1.06 bits per heavy atom. The first-order valence-corrected chi connectivity index (χ1v) is 15.3. The Balaban J connectivity index is 1.43. The number of rotatable bonds is 8. The van der Waals surface area contributed by atoms with Crippen LogP contribution in [0.15, 0.2) is 48.8 Å². The first kappa shape index (κ1) is 32.2. The number of pyridine rings is 1. The first-order chi connectivity index (χ1) is 23.1. The van der Waals surface area contributed by atoms with Crippen LogP contribution in [0.5, 0.6) is 0 Å². The second-order valence-electron chi connectivity index (χ2n) is 11.8. The van der Waals surface area contributed by atoms with Crippen LogP contribution >= 0.6 is 0 Å². The van der Waals surface area contributed by atoms with E-state index in [0.717, 1.165) is 18.9 Å². The van der Waals surface area contributed by atoms with E-state index >= 15 is 0 Å². The van der Waals surface area contributed by atoms with Crippen molar-refractivity contribution >= 4 is 17.5 Å². The number of halogens is 3. The second-order valence-corrected chi connectivity index (χ2v) is 11.8. The molecular weight excluding hydrogens is 621 g/mol. The van der Waals surface area contributed by atoms with Gasteiger partial charge in [0, 0.05) is 37.8 Å². The molecule has 0 aliphatic carbocycles. The summed E-state index contributed by atoms with van der Waals surface area (Å²) in [5.74, 6) is 0.0832. The lowest BCUT2D eigenvalue weighted by Crippen LogP contribution is -2.34. The fourth-order valence-corrected chi connectivity index (χ4v) is 6.28. The minimum Gasteiger partial charge on any atom is -0.369 e. The van der Waals surface area contributed by atoms with E-state index in [9.17, 15) is 28.5 Å². The van der Waals surface area contributed by atoms with E-state index in [-0.39, 0.29) is 48.9 Å². The quantitative estimate of drug-likeness (QED) is 0.238. The molecule has 6 rings (SSSR count). The highest BCUT2D eigenvalue weighted by Crippen LogP contribution is 2.41. The molecule has 14 heteroatoms. The third-order valence-corrected chi connectivity index (χ3v) is 8.54. The number of benzene rings is 2. The van der Waals surface area contributed by atoms with Crippen molar-refractivity contribution in [1.82, 2.24) is 24.6 Å². The van der Waals surface area contributed by atoms with Crippen LogP contribution in [-0.2, 0) is 26.3 Å². The molecule has 4 heterocycles. The van der Waals surface area contributed by atoms with E-state index in [4.69, 9.17) is 5.26 Å². The average Bonchev–Trinajstić information content (AvgIpc) is 3.66. The molecule has 2 aliphatic rings. The van der Waals surface area contributed by atoms with Gasteiger partial charge in [0.1, 0.15) is 18.0 Å². The molecule has 11 nitrogen and oxygen atoms in total. The standard InChI is InChI=1S/C34H29F3N10O/c1-45-20-42-44-32(45)25-6-5-21(15-39)10-26(25)24-13-30(41-8-3-7-38)43-31(14-24)47-19-28-27(33(47)48)11-23(12-29(28)34(35,36)37)18-46-9-2-4-22(16-40)17-46/h5-6,10-14,20,22H,2-4,8-9,17-19H2,1H3,(H,41,43)/t22-/m0/s1. The smallest absolute Gasteiger partial charge is 0.369 e. The van der Waals surface area contributed by atoms with Crippen molar-refractivity contribution in [2.24, 2.45) is 13.0 Å². The molecule has 0 unspecified atom stereocenters. The monoisotopic (exact) mass is 650 g/mol. The van der Waals surface area contributed by atoms with Gasteiger partial charge in [-0.05, 0) is 84.1 Å². The normalized spacial score (nSPS) is 16.2. The van der Waals surface area contributed by atoms with Gasteiger partial charge in [0.2, 0.25) is 0 Å². The van der Waals surface area contributed by atoms with Crippen LogP contribution in [0, 0.1) is 39.9 Å². The number of hydrogen-bond acceptors (Lipinski definition) is 9. The largest absolute Gasteiger partial charge is 0.416 e. The molecular formula is C34H29F3N10O. The van der Waals surface area contributed by atoms with Crippen molar-refractivity contribution < 1.29 is 18.0 Å². The van der Waals surface area contributed by atoms with Crippen LogP contribution in [-0.4, -0.2) is 50.2 Å². The summed E-state index contributed by atoms with van der Waals surface area (Å²) in [6, 6.07) is 17.4. The van der Waals surface area contributed by atoms with Gasteiger partial charge in [-0.1, -0.05) is 0 Å². The van der Waals surface area contributed by atoms with Gasteiger partial charge in [-0.15, -0.1) is 10.2 Å². The molecule has 2 aliphatic heterocycles. The van der Waals surface area contributed by atoms with Crippen LogP contribution in [0.4, 0.5) is 24.8 Å². The lowest BCUT2D eigenvalue weighted by Gasteiger charge is -2.29. The maximum absolute atomic E-state index is 14.5. The number of nitrogens with zero attached hydrogens (tertiary/aromatic N) is 9. The second kappa shape index (κ2) is 13.1. The lowest BCUT2D eigenvalue weighted by atomic mass is 9.96. The number of alkyl halides is 3. The highest BCUT2D eigenvalue weighted by atomic mass is 19.4. The number of amides is 1. The lowest BCUT2D eigenvalue weighted by molar-refractivity contribution is -0.138. The minimum absolute atomic E-state index is 0.0499. The van der Waals surface area contributed by atoms with Crippen LogP contribution in [0.1, 0.15) is 51.9 Å². The number of aryl methyl sites for hydroxylation is 1. The summed E-state index contributed by atoms with van der Waals surface area (Å²) in [5.41, 5.74) is 1.35. The molecule has 1 N–H and O–H groups in total. The molecule has 2 aromatic carbocycles. The van der Waals surface area contributed by atoms with E-state index in [1.807, 2.05) is 11.0 Å². The number of nitriles is 3. The van der Waals surface area contributed by atoms with Gasteiger partial charge >= 0.3 is 6.18 Å². The first-order valence-electron chi connectivity index (χ1n) is 15.3.